The number of thiophene rings is 1. The van der Waals surface area contributed by atoms with Crippen LogP contribution in [0.15, 0.2) is 58.3 Å². The molecule has 0 radical (unpaired) electrons. The van der Waals surface area contributed by atoms with Crippen molar-refractivity contribution in [2.75, 3.05) is 5.32 Å². The van der Waals surface area contributed by atoms with Crippen LogP contribution in [0, 0.1) is 6.92 Å². The number of fused-ring (bicyclic) bond motifs is 1. The fourth-order valence-corrected chi connectivity index (χ4v) is 3.29. The Hall–Kier alpha value is -2.63. The van der Waals surface area contributed by atoms with Gasteiger partial charge in [-0.05, 0) is 54.3 Å². The fraction of sp³-hybridized carbons (Fsp3) is 0.0526. The lowest BCUT2D eigenvalue weighted by atomic mass is 10.1. The Kier molecular flexibility index (Phi) is 4.03. The summed E-state index contributed by atoms with van der Waals surface area (Å²) in [5.41, 5.74) is 3.86. The summed E-state index contributed by atoms with van der Waals surface area (Å²) in [5.74, 6) is 0.364. The average Bonchev–Trinajstić information content (AvgIpc) is 3.25. The van der Waals surface area contributed by atoms with E-state index in [9.17, 15) is 4.79 Å². The highest BCUT2D eigenvalue weighted by molar-refractivity contribution is 7.12. The Balaban J connectivity index is 1.69. The first-order valence-corrected chi connectivity index (χ1v) is 8.88. The Morgan fingerprint density at radius 2 is 2.08 bits per heavy atom. The summed E-state index contributed by atoms with van der Waals surface area (Å²) in [6.45, 7) is 1.94. The van der Waals surface area contributed by atoms with Crippen molar-refractivity contribution in [1.29, 1.82) is 0 Å². The third-order valence-corrected chi connectivity index (χ3v) is 4.93. The monoisotopic (exact) mass is 368 g/mol. The highest BCUT2D eigenvalue weighted by Gasteiger charge is 2.13. The number of anilines is 1. The SMILES string of the molecule is Cc1ccc(-c2nc3cc(Cl)ccc3o2)cc1NC(=O)c1cccs1. The smallest absolute Gasteiger partial charge is 0.265 e. The van der Waals surface area contributed by atoms with Gasteiger partial charge in [0, 0.05) is 16.3 Å². The van der Waals surface area contributed by atoms with E-state index in [1.165, 1.54) is 11.3 Å². The van der Waals surface area contributed by atoms with Gasteiger partial charge in [0.05, 0.1) is 4.88 Å². The number of nitrogens with zero attached hydrogens (tertiary/aromatic N) is 1. The van der Waals surface area contributed by atoms with E-state index >= 15 is 0 Å². The lowest BCUT2D eigenvalue weighted by molar-refractivity contribution is 0.103. The van der Waals surface area contributed by atoms with Gasteiger partial charge >= 0.3 is 0 Å². The van der Waals surface area contributed by atoms with Crippen LogP contribution >= 0.6 is 22.9 Å². The van der Waals surface area contributed by atoms with Gasteiger partial charge in [-0.25, -0.2) is 4.98 Å². The Labute approximate surface area is 153 Å². The normalized spacial score (nSPS) is 11.0. The molecule has 0 fully saturated rings. The Bertz CT molecular complexity index is 1070. The molecule has 2 heterocycles. The third kappa shape index (κ3) is 3.16. The summed E-state index contributed by atoms with van der Waals surface area (Å²) < 4.78 is 5.80. The summed E-state index contributed by atoms with van der Waals surface area (Å²) in [5, 5.41) is 5.43. The molecule has 4 rings (SSSR count). The molecular formula is C19H13ClN2O2S. The van der Waals surface area contributed by atoms with Crippen LogP contribution in [0.3, 0.4) is 0 Å². The van der Waals surface area contributed by atoms with Gasteiger partial charge in [0.25, 0.3) is 5.91 Å². The van der Waals surface area contributed by atoms with E-state index in [-0.39, 0.29) is 5.91 Å². The van der Waals surface area contributed by atoms with E-state index in [1.54, 1.807) is 24.3 Å². The number of oxazole rings is 1. The fourth-order valence-electron chi connectivity index (χ4n) is 2.51. The minimum Gasteiger partial charge on any atom is -0.436 e. The molecule has 1 N–H and O–H groups in total. The van der Waals surface area contributed by atoms with Gasteiger partial charge in [-0.3, -0.25) is 4.79 Å². The molecular weight excluding hydrogens is 356 g/mol. The molecule has 4 aromatic rings. The minimum absolute atomic E-state index is 0.125. The number of hydrogen-bond donors (Lipinski definition) is 1. The number of amides is 1. The molecule has 0 aliphatic heterocycles. The topological polar surface area (TPSA) is 55.1 Å². The summed E-state index contributed by atoms with van der Waals surface area (Å²) in [6, 6.07) is 14.7. The minimum atomic E-state index is -0.125. The van der Waals surface area contributed by atoms with Crippen molar-refractivity contribution in [3.8, 4) is 11.5 Å². The van der Waals surface area contributed by atoms with Crippen LogP contribution in [0.5, 0.6) is 0 Å². The first kappa shape index (κ1) is 15.9. The van der Waals surface area contributed by atoms with E-state index < -0.39 is 0 Å². The molecule has 0 aliphatic carbocycles. The summed E-state index contributed by atoms with van der Waals surface area (Å²) in [6.07, 6.45) is 0. The van der Waals surface area contributed by atoms with Crippen LogP contribution in [0.2, 0.25) is 5.02 Å². The molecule has 1 amide bonds. The number of aromatic nitrogens is 1. The van der Waals surface area contributed by atoms with E-state index in [4.69, 9.17) is 16.0 Å². The van der Waals surface area contributed by atoms with E-state index in [2.05, 4.69) is 10.3 Å². The highest BCUT2D eigenvalue weighted by Crippen LogP contribution is 2.29. The molecule has 0 atom stereocenters. The van der Waals surface area contributed by atoms with Crippen molar-refractivity contribution in [3.63, 3.8) is 0 Å². The second-order valence-electron chi connectivity index (χ2n) is 5.59. The molecule has 25 heavy (non-hydrogen) atoms. The van der Waals surface area contributed by atoms with Crippen LogP contribution in [0.1, 0.15) is 15.2 Å². The van der Waals surface area contributed by atoms with Gasteiger partial charge in [-0.15, -0.1) is 11.3 Å². The summed E-state index contributed by atoms with van der Waals surface area (Å²) in [7, 11) is 0. The third-order valence-electron chi connectivity index (χ3n) is 3.83. The van der Waals surface area contributed by atoms with Crippen molar-refractivity contribution in [2.24, 2.45) is 0 Å². The van der Waals surface area contributed by atoms with Crippen molar-refractivity contribution in [2.45, 2.75) is 6.92 Å². The average molecular weight is 369 g/mol. The largest absolute Gasteiger partial charge is 0.436 e. The Morgan fingerprint density at radius 3 is 2.88 bits per heavy atom. The van der Waals surface area contributed by atoms with Gasteiger partial charge in [0.2, 0.25) is 5.89 Å². The van der Waals surface area contributed by atoms with E-state index in [0.29, 0.717) is 26.9 Å². The zero-order chi connectivity index (χ0) is 17.4. The molecule has 0 unspecified atom stereocenters. The standard InChI is InChI=1S/C19H13ClN2O2S/c1-11-4-5-12(9-14(11)21-18(23)17-3-2-8-25-17)19-22-15-10-13(20)6-7-16(15)24-19/h2-10H,1H3,(H,21,23). The van der Waals surface area contributed by atoms with Crippen LogP contribution < -0.4 is 5.32 Å². The summed E-state index contributed by atoms with van der Waals surface area (Å²) >= 11 is 7.40. The van der Waals surface area contributed by atoms with Crippen LogP contribution in [0.4, 0.5) is 5.69 Å². The molecule has 124 valence electrons. The highest BCUT2D eigenvalue weighted by atomic mass is 35.5. The number of hydrogen-bond acceptors (Lipinski definition) is 4. The number of nitrogens with one attached hydrogen (secondary N) is 1. The van der Waals surface area contributed by atoms with Gasteiger partial charge in [0.1, 0.15) is 5.52 Å². The van der Waals surface area contributed by atoms with Gasteiger partial charge in [-0.1, -0.05) is 23.7 Å². The van der Waals surface area contributed by atoms with Crippen molar-refractivity contribution in [1.82, 2.24) is 4.98 Å². The molecule has 0 saturated heterocycles. The molecule has 2 aromatic heterocycles. The van der Waals surface area contributed by atoms with Crippen molar-refractivity contribution < 1.29 is 9.21 Å². The first-order valence-electron chi connectivity index (χ1n) is 7.62. The van der Waals surface area contributed by atoms with Crippen molar-refractivity contribution >= 4 is 45.6 Å². The summed E-state index contributed by atoms with van der Waals surface area (Å²) in [4.78, 5) is 17.4. The molecule has 6 heteroatoms. The lowest BCUT2D eigenvalue weighted by Crippen LogP contribution is -2.11. The van der Waals surface area contributed by atoms with Crippen molar-refractivity contribution in [3.05, 3.63) is 69.4 Å². The van der Waals surface area contributed by atoms with E-state index in [0.717, 1.165) is 16.8 Å². The maximum atomic E-state index is 12.3. The van der Waals surface area contributed by atoms with Gasteiger partial charge in [-0.2, -0.15) is 0 Å². The maximum absolute atomic E-state index is 12.3. The molecule has 0 saturated carbocycles. The maximum Gasteiger partial charge on any atom is 0.265 e. The molecule has 0 aliphatic rings. The molecule has 0 bridgehead atoms. The number of halogens is 1. The zero-order valence-corrected chi connectivity index (χ0v) is 14.8. The van der Waals surface area contributed by atoms with Crippen LogP contribution in [-0.2, 0) is 0 Å². The lowest BCUT2D eigenvalue weighted by Gasteiger charge is -2.08. The van der Waals surface area contributed by atoms with Gasteiger partial charge < -0.3 is 9.73 Å². The zero-order valence-electron chi connectivity index (χ0n) is 13.2. The van der Waals surface area contributed by atoms with E-state index in [1.807, 2.05) is 36.6 Å². The second-order valence-corrected chi connectivity index (χ2v) is 6.98. The number of benzene rings is 2. The number of rotatable bonds is 3. The van der Waals surface area contributed by atoms with Gasteiger partial charge in [0.15, 0.2) is 5.58 Å². The Morgan fingerprint density at radius 1 is 1.20 bits per heavy atom. The van der Waals surface area contributed by atoms with Crippen LogP contribution in [0.25, 0.3) is 22.6 Å². The predicted octanol–water partition coefficient (Wildman–Crippen LogP) is 5.77. The number of carbonyl (C=O) groups is 1. The number of carbonyl (C=O) groups excluding carboxylic acids is 1. The number of aryl methyl sites for hydroxylation is 1. The van der Waals surface area contributed by atoms with Crippen LogP contribution in [-0.4, -0.2) is 10.9 Å². The molecule has 2 aromatic carbocycles. The second kappa shape index (κ2) is 6.35. The quantitative estimate of drug-likeness (QED) is 0.499. The first-order chi connectivity index (χ1) is 12.1. The molecule has 0 spiro atoms. The molecule has 4 nitrogen and oxygen atoms in total. The predicted molar refractivity (Wildman–Crippen MR) is 101 cm³/mol.